The zero-order valence-electron chi connectivity index (χ0n) is 11.7. The van der Waals surface area contributed by atoms with Crippen LogP contribution in [0, 0.1) is 0 Å². The number of carbonyl (C=O) groups is 2. The van der Waals surface area contributed by atoms with Crippen molar-refractivity contribution in [2.24, 2.45) is 0 Å². The first-order valence-electron chi connectivity index (χ1n) is 6.81. The zero-order chi connectivity index (χ0) is 14.4. The van der Waals surface area contributed by atoms with Crippen molar-refractivity contribution in [1.29, 1.82) is 0 Å². The van der Waals surface area contributed by atoms with E-state index in [-0.39, 0.29) is 23.9 Å². The Hall–Kier alpha value is -1.88. The standard InChI is InChI=1S/C15H17NO4/c1-8-13(18)12-11(14(19)15(8)20-2)9(5-7-17)10-4-3-6-16(10)12/h17H,3-7H2,1-2H3. The second-order valence-electron chi connectivity index (χ2n) is 5.19. The van der Waals surface area contributed by atoms with Crippen molar-refractivity contribution in [2.75, 3.05) is 13.7 Å². The summed E-state index contributed by atoms with van der Waals surface area (Å²) in [5.74, 6) is -0.236. The molecule has 1 aliphatic carbocycles. The van der Waals surface area contributed by atoms with Gasteiger partial charge in [0.2, 0.25) is 11.6 Å². The largest absolute Gasteiger partial charge is 0.492 e. The Labute approximate surface area is 116 Å². The lowest BCUT2D eigenvalue weighted by Gasteiger charge is -2.17. The van der Waals surface area contributed by atoms with Crippen molar-refractivity contribution in [3.05, 3.63) is 33.8 Å². The lowest BCUT2D eigenvalue weighted by Crippen LogP contribution is -2.24. The molecule has 5 nitrogen and oxygen atoms in total. The number of methoxy groups -OCH3 is 1. The van der Waals surface area contributed by atoms with Gasteiger partial charge in [-0.2, -0.15) is 0 Å². The molecule has 1 aromatic heterocycles. The van der Waals surface area contributed by atoms with Crippen LogP contribution in [-0.4, -0.2) is 35.0 Å². The molecule has 2 aliphatic rings. The highest BCUT2D eigenvalue weighted by Gasteiger charge is 2.39. The number of rotatable bonds is 3. The van der Waals surface area contributed by atoms with Gasteiger partial charge < -0.3 is 14.4 Å². The molecule has 1 aliphatic heterocycles. The van der Waals surface area contributed by atoms with E-state index >= 15 is 0 Å². The normalized spacial score (nSPS) is 17.6. The van der Waals surface area contributed by atoms with Gasteiger partial charge in [-0.15, -0.1) is 0 Å². The van der Waals surface area contributed by atoms with E-state index in [0.29, 0.717) is 23.3 Å². The maximum Gasteiger partial charge on any atom is 0.230 e. The number of allylic oxidation sites excluding steroid dienone is 2. The smallest absolute Gasteiger partial charge is 0.230 e. The van der Waals surface area contributed by atoms with Crippen LogP contribution in [0.4, 0.5) is 0 Å². The highest BCUT2D eigenvalue weighted by molar-refractivity contribution is 6.26. The van der Waals surface area contributed by atoms with Crippen LogP contribution in [0.15, 0.2) is 11.3 Å². The number of hydrogen-bond donors (Lipinski definition) is 1. The topological polar surface area (TPSA) is 68.5 Å². The van der Waals surface area contributed by atoms with Crippen LogP contribution in [0.1, 0.15) is 45.4 Å². The highest BCUT2D eigenvalue weighted by atomic mass is 16.5. The molecule has 0 fully saturated rings. The van der Waals surface area contributed by atoms with E-state index in [1.54, 1.807) is 6.92 Å². The van der Waals surface area contributed by atoms with Crippen LogP contribution in [0.3, 0.4) is 0 Å². The van der Waals surface area contributed by atoms with Gasteiger partial charge in [-0.25, -0.2) is 0 Å². The summed E-state index contributed by atoms with van der Waals surface area (Å²) in [6.07, 6.45) is 2.23. The number of nitrogens with zero attached hydrogens (tertiary/aromatic N) is 1. The second kappa shape index (κ2) is 4.59. The van der Waals surface area contributed by atoms with Gasteiger partial charge >= 0.3 is 0 Å². The molecule has 0 saturated carbocycles. The molecule has 3 rings (SSSR count). The molecule has 0 spiro atoms. The number of Topliss-reactive ketones (excluding diaryl/α,β-unsaturated/α-hetero) is 2. The Morgan fingerprint density at radius 1 is 1.30 bits per heavy atom. The van der Waals surface area contributed by atoms with Gasteiger partial charge in [-0.05, 0) is 31.7 Å². The molecule has 1 aromatic rings. The summed E-state index contributed by atoms with van der Waals surface area (Å²) in [5, 5.41) is 9.25. The predicted molar refractivity (Wildman–Crippen MR) is 71.9 cm³/mol. The molecule has 0 aromatic carbocycles. The minimum Gasteiger partial charge on any atom is -0.492 e. The average Bonchev–Trinajstić information content (AvgIpc) is 2.99. The first kappa shape index (κ1) is 13.1. The Bertz CT molecular complexity index is 651. The lowest BCUT2D eigenvalue weighted by atomic mass is 9.90. The molecule has 0 unspecified atom stereocenters. The van der Waals surface area contributed by atoms with Crippen molar-refractivity contribution in [1.82, 2.24) is 4.57 Å². The quantitative estimate of drug-likeness (QED) is 0.902. The molecular formula is C15H17NO4. The fourth-order valence-electron chi connectivity index (χ4n) is 3.33. The molecule has 0 radical (unpaired) electrons. The molecule has 5 heteroatoms. The summed E-state index contributed by atoms with van der Waals surface area (Å²) in [6, 6.07) is 0. The maximum absolute atomic E-state index is 12.6. The van der Waals surface area contributed by atoms with Gasteiger partial charge in [0, 0.05) is 24.4 Å². The highest BCUT2D eigenvalue weighted by Crippen LogP contribution is 2.36. The van der Waals surface area contributed by atoms with Crippen molar-refractivity contribution < 1.29 is 19.4 Å². The third kappa shape index (κ3) is 1.53. The monoisotopic (exact) mass is 275 g/mol. The van der Waals surface area contributed by atoms with Gasteiger partial charge in [0.25, 0.3) is 0 Å². The summed E-state index contributed by atoms with van der Waals surface area (Å²) < 4.78 is 7.07. The number of ketones is 2. The maximum atomic E-state index is 12.6. The first-order valence-corrected chi connectivity index (χ1v) is 6.81. The van der Waals surface area contributed by atoms with Crippen LogP contribution >= 0.6 is 0 Å². The van der Waals surface area contributed by atoms with E-state index in [1.807, 2.05) is 4.57 Å². The Morgan fingerprint density at radius 3 is 2.70 bits per heavy atom. The van der Waals surface area contributed by atoms with Crippen LogP contribution in [0.5, 0.6) is 0 Å². The summed E-state index contributed by atoms with van der Waals surface area (Å²) in [5.41, 5.74) is 3.15. The van der Waals surface area contributed by atoms with Gasteiger partial charge in [0.05, 0.1) is 12.7 Å². The van der Waals surface area contributed by atoms with Crippen molar-refractivity contribution >= 4 is 11.6 Å². The summed E-state index contributed by atoms with van der Waals surface area (Å²) in [7, 11) is 1.41. The first-order chi connectivity index (χ1) is 9.61. The molecule has 2 heterocycles. The predicted octanol–water partition coefficient (Wildman–Crippen LogP) is 1.27. The van der Waals surface area contributed by atoms with Gasteiger partial charge in [-0.1, -0.05) is 0 Å². The summed E-state index contributed by atoms with van der Waals surface area (Å²) in [6.45, 7) is 2.36. The van der Waals surface area contributed by atoms with Crippen molar-refractivity contribution in [3.8, 4) is 0 Å². The number of aromatic nitrogens is 1. The third-order valence-electron chi connectivity index (χ3n) is 4.17. The number of hydrogen-bond acceptors (Lipinski definition) is 4. The van der Waals surface area contributed by atoms with Crippen molar-refractivity contribution in [2.45, 2.75) is 32.7 Å². The minimum atomic E-state index is -0.232. The van der Waals surface area contributed by atoms with E-state index < -0.39 is 0 Å². The SMILES string of the molecule is COC1=C(C)C(=O)c2c(c(CCO)c3n2CCC3)C1=O. The Balaban J connectivity index is 2.28. The fraction of sp³-hybridized carbons (Fsp3) is 0.467. The number of carbonyl (C=O) groups excluding carboxylic acids is 2. The number of ether oxygens (including phenoxy) is 1. The molecule has 106 valence electrons. The van der Waals surface area contributed by atoms with E-state index in [0.717, 1.165) is 30.6 Å². The lowest BCUT2D eigenvalue weighted by molar-refractivity contribution is 0.0901. The Kier molecular flexibility index (Phi) is 3.01. The molecule has 0 saturated heterocycles. The Morgan fingerprint density at radius 2 is 2.05 bits per heavy atom. The van der Waals surface area contributed by atoms with Crippen LogP contribution in [0.25, 0.3) is 0 Å². The van der Waals surface area contributed by atoms with Gasteiger partial charge in [0.1, 0.15) is 5.69 Å². The molecule has 0 bridgehead atoms. The van der Waals surface area contributed by atoms with E-state index in [1.165, 1.54) is 7.11 Å². The van der Waals surface area contributed by atoms with Crippen LogP contribution in [-0.2, 0) is 24.1 Å². The van der Waals surface area contributed by atoms with Crippen LogP contribution < -0.4 is 0 Å². The average molecular weight is 275 g/mol. The number of aliphatic hydroxyl groups is 1. The number of aliphatic hydroxyl groups excluding tert-OH is 1. The van der Waals surface area contributed by atoms with E-state index in [9.17, 15) is 14.7 Å². The second-order valence-corrected chi connectivity index (χ2v) is 5.19. The van der Waals surface area contributed by atoms with E-state index in [4.69, 9.17) is 4.74 Å². The van der Waals surface area contributed by atoms with Crippen LogP contribution in [0.2, 0.25) is 0 Å². The number of fused-ring (bicyclic) bond motifs is 3. The molecular weight excluding hydrogens is 258 g/mol. The van der Waals surface area contributed by atoms with Gasteiger partial charge in [0.15, 0.2) is 5.76 Å². The molecule has 0 atom stereocenters. The molecule has 1 N–H and O–H groups in total. The summed E-state index contributed by atoms with van der Waals surface area (Å²) in [4.78, 5) is 25.1. The molecule has 20 heavy (non-hydrogen) atoms. The summed E-state index contributed by atoms with van der Waals surface area (Å²) >= 11 is 0. The van der Waals surface area contributed by atoms with E-state index in [2.05, 4.69) is 0 Å². The van der Waals surface area contributed by atoms with Crippen molar-refractivity contribution in [3.63, 3.8) is 0 Å². The fourth-order valence-corrected chi connectivity index (χ4v) is 3.33. The third-order valence-corrected chi connectivity index (χ3v) is 4.17. The minimum absolute atomic E-state index is 0.0318. The molecule has 0 amide bonds. The van der Waals surface area contributed by atoms with Gasteiger partial charge in [-0.3, -0.25) is 9.59 Å². The zero-order valence-corrected chi connectivity index (χ0v) is 11.7.